The van der Waals surface area contributed by atoms with Gasteiger partial charge in [-0.15, -0.1) is 0 Å². The van der Waals surface area contributed by atoms with Gasteiger partial charge in [-0.05, 0) is 38.1 Å². The van der Waals surface area contributed by atoms with Gasteiger partial charge in [0.1, 0.15) is 5.82 Å². The fraction of sp³-hybridized carbons (Fsp3) is 0.115. The second-order valence-corrected chi connectivity index (χ2v) is 7.35. The first-order chi connectivity index (χ1) is 14.8. The molecule has 0 saturated carbocycles. The van der Waals surface area contributed by atoms with Crippen LogP contribution in [0.5, 0.6) is 0 Å². The van der Waals surface area contributed by atoms with Crippen molar-refractivity contribution in [1.82, 2.24) is 19.5 Å². The van der Waals surface area contributed by atoms with E-state index >= 15 is 0 Å². The molecule has 0 saturated heterocycles. The van der Waals surface area contributed by atoms with Crippen molar-refractivity contribution in [2.45, 2.75) is 20.4 Å². The van der Waals surface area contributed by atoms with Gasteiger partial charge in [0.05, 0.1) is 16.9 Å². The van der Waals surface area contributed by atoms with E-state index in [1.54, 1.807) is 0 Å². The highest BCUT2D eigenvalue weighted by atomic mass is 15.1. The molecule has 4 heteroatoms. The Bertz CT molecular complexity index is 1310. The number of aryl methyl sites for hydroxylation is 1. The van der Waals surface area contributed by atoms with Gasteiger partial charge in [0.25, 0.3) is 0 Å². The van der Waals surface area contributed by atoms with Gasteiger partial charge in [-0.25, -0.2) is 4.98 Å². The molecule has 0 aliphatic heterocycles. The van der Waals surface area contributed by atoms with Crippen molar-refractivity contribution in [1.29, 1.82) is 0 Å². The lowest BCUT2D eigenvalue weighted by molar-refractivity contribution is 0.778. The molecule has 3 heterocycles. The first-order valence-corrected chi connectivity index (χ1v) is 10.2. The minimum Gasteiger partial charge on any atom is -0.324 e. The molecule has 4 nitrogen and oxygen atoms in total. The number of para-hydroxylation sites is 1. The van der Waals surface area contributed by atoms with Crippen molar-refractivity contribution in [3.05, 3.63) is 90.9 Å². The summed E-state index contributed by atoms with van der Waals surface area (Å²) in [5.41, 5.74) is 7.63. The van der Waals surface area contributed by atoms with Crippen LogP contribution in [0.1, 0.15) is 12.5 Å². The molecule has 2 aromatic carbocycles. The molecule has 0 aliphatic carbocycles. The van der Waals surface area contributed by atoms with Crippen LogP contribution in [0.25, 0.3) is 44.8 Å². The third kappa shape index (κ3) is 3.07. The summed E-state index contributed by atoms with van der Waals surface area (Å²) in [4.78, 5) is 13.9. The van der Waals surface area contributed by atoms with E-state index in [2.05, 4.69) is 70.8 Å². The number of pyridine rings is 2. The lowest BCUT2D eigenvalue weighted by Gasteiger charge is -2.12. The van der Waals surface area contributed by atoms with Crippen molar-refractivity contribution in [2.24, 2.45) is 0 Å². The van der Waals surface area contributed by atoms with Gasteiger partial charge in [-0.1, -0.05) is 48.0 Å². The molecule has 146 valence electrons. The second-order valence-electron chi connectivity index (χ2n) is 7.35. The van der Waals surface area contributed by atoms with Crippen LogP contribution in [0.3, 0.4) is 0 Å². The monoisotopic (exact) mass is 390 g/mol. The van der Waals surface area contributed by atoms with E-state index in [4.69, 9.17) is 4.98 Å². The zero-order valence-electron chi connectivity index (χ0n) is 17.1. The van der Waals surface area contributed by atoms with Gasteiger partial charge >= 0.3 is 0 Å². The zero-order chi connectivity index (χ0) is 20.5. The maximum atomic E-state index is 5.18. The number of fused-ring (bicyclic) bond motifs is 1. The molecule has 0 atom stereocenters. The van der Waals surface area contributed by atoms with E-state index in [9.17, 15) is 0 Å². The van der Waals surface area contributed by atoms with Crippen molar-refractivity contribution < 1.29 is 0 Å². The molecule has 0 radical (unpaired) electrons. The van der Waals surface area contributed by atoms with Crippen molar-refractivity contribution in [3.63, 3.8) is 0 Å². The largest absolute Gasteiger partial charge is 0.324 e. The molecule has 0 bridgehead atoms. The maximum Gasteiger partial charge on any atom is 0.141 e. The SMILES string of the molecule is CCn1c(-c2ccnc3ccccc23)nc(-c2ccncc2)c1-c1ccc(C)cc1. The van der Waals surface area contributed by atoms with Crippen molar-refractivity contribution >= 4 is 10.9 Å². The van der Waals surface area contributed by atoms with Crippen LogP contribution < -0.4 is 0 Å². The highest BCUT2D eigenvalue weighted by Gasteiger charge is 2.21. The Morgan fingerprint density at radius 1 is 0.800 bits per heavy atom. The number of benzene rings is 2. The maximum absolute atomic E-state index is 5.18. The molecule has 0 amide bonds. The molecule has 0 N–H and O–H groups in total. The Hall–Kier alpha value is -3.79. The highest BCUT2D eigenvalue weighted by molar-refractivity contribution is 5.94. The van der Waals surface area contributed by atoms with Crippen LogP contribution in [0.15, 0.2) is 85.3 Å². The summed E-state index contributed by atoms with van der Waals surface area (Å²) < 4.78 is 2.31. The third-order valence-electron chi connectivity index (χ3n) is 5.45. The summed E-state index contributed by atoms with van der Waals surface area (Å²) in [7, 11) is 0. The Morgan fingerprint density at radius 3 is 2.33 bits per heavy atom. The molecule has 0 spiro atoms. The summed E-state index contributed by atoms with van der Waals surface area (Å²) in [5.74, 6) is 0.957. The second kappa shape index (κ2) is 7.56. The fourth-order valence-corrected chi connectivity index (χ4v) is 3.97. The molecule has 30 heavy (non-hydrogen) atoms. The van der Waals surface area contributed by atoms with Gasteiger partial charge in [0.15, 0.2) is 0 Å². The van der Waals surface area contributed by atoms with E-state index in [1.807, 2.05) is 42.9 Å². The zero-order valence-corrected chi connectivity index (χ0v) is 17.1. The number of hydrogen-bond acceptors (Lipinski definition) is 3. The fourth-order valence-electron chi connectivity index (χ4n) is 3.97. The number of hydrogen-bond donors (Lipinski definition) is 0. The normalized spacial score (nSPS) is 11.1. The third-order valence-corrected chi connectivity index (χ3v) is 5.45. The van der Waals surface area contributed by atoms with Crippen LogP contribution in [0, 0.1) is 6.92 Å². The standard InChI is InChI=1S/C26H22N4/c1-3-30-25(20-10-8-18(2)9-11-20)24(19-12-15-27-16-13-19)29-26(30)22-14-17-28-23-7-5-4-6-21(22)23/h4-17H,3H2,1-2H3. The predicted molar refractivity (Wildman–Crippen MR) is 122 cm³/mol. The van der Waals surface area contributed by atoms with E-state index in [0.717, 1.165) is 51.4 Å². The van der Waals surface area contributed by atoms with Gasteiger partial charge in [-0.3, -0.25) is 9.97 Å². The van der Waals surface area contributed by atoms with Crippen LogP contribution in [-0.2, 0) is 6.54 Å². The highest BCUT2D eigenvalue weighted by Crippen LogP contribution is 2.37. The molecule has 5 aromatic rings. The van der Waals surface area contributed by atoms with Crippen LogP contribution in [0.2, 0.25) is 0 Å². The Balaban J connectivity index is 1.84. The van der Waals surface area contributed by atoms with Crippen LogP contribution in [-0.4, -0.2) is 19.5 Å². The molecular formula is C26H22N4. The number of imidazole rings is 1. The average molecular weight is 390 g/mol. The van der Waals surface area contributed by atoms with E-state index in [1.165, 1.54) is 5.56 Å². The van der Waals surface area contributed by atoms with Gasteiger partial charge in [0.2, 0.25) is 0 Å². The minimum atomic E-state index is 0.813. The average Bonchev–Trinajstić information content (AvgIpc) is 3.19. The van der Waals surface area contributed by atoms with Gasteiger partial charge in [0, 0.05) is 47.2 Å². The van der Waals surface area contributed by atoms with Crippen LogP contribution in [0.4, 0.5) is 0 Å². The number of rotatable bonds is 4. The van der Waals surface area contributed by atoms with E-state index in [-0.39, 0.29) is 0 Å². The lowest BCUT2D eigenvalue weighted by Crippen LogP contribution is -2.01. The topological polar surface area (TPSA) is 43.6 Å². The summed E-state index contributed by atoms with van der Waals surface area (Å²) in [6.45, 7) is 5.09. The molecule has 5 rings (SSSR count). The Kier molecular flexibility index (Phi) is 4.60. The minimum absolute atomic E-state index is 0.813. The van der Waals surface area contributed by atoms with E-state index < -0.39 is 0 Å². The van der Waals surface area contributed by atoms with Crippen molar-refractivity contribution in [2.75, 3.05) is 0 Å². The van der Waals surface area contributed by atoms with E-state index in [0.29, 0.717) is 0 Å². The lowest BCUT2D eigenvalue weighted by atomic mass is 10.0. The van der Waals surface area contributed by atoms with Crippen molar-refractivity contribution in [3.8, 4) is 33.9 Å². The molecule has 0 aliphatic rings. The number of aromatic nitrogens is 4. The Labute approximate surface area is 175 Å². The quantitative estimate of drug-likeness (QED) is 0.369. The summed E-state index contributed by atoms with van der Waals surface area (Å²) >= 11 is 0. The molecule has 3 aromatic heterocycles. The number of nitrogens with zero attached hydrogens (tertiary/aromatic N) is 4. The van der Waals surface area contributed by atoms with Gasteiger partial charge in [-0.2, -0.15) is 0 Å². The summed E-state index contributed by atoms with van der Waals surface area (Å²) in [5, 5.41) is 1.11. The summed E-state index contributed by atoms with van der Waals surface area (Å²) in [6, 6.07) is 23.0. The Morgan fingerprint density at radius 2 is 1.57 bits per heavy atom. The molecular weight excluding hydrogens is 368 g/mol. The van der Waals surface area contributed by atoms with Crippen LogP contribution >= 0.6 is 0 Å². The molecule has 0 fully saturated rings. The molecule has 0 unspecified atom stereocenters. The first kappa shape index (κ1) is 18.3. The first-order valence-electron chi connectivity index (χ1n) is 10.2. The van der Waals surface area contributed by atoms with Gasteiger partial charge < -0.3 is 4.57 Å². The predicted octanol–water partition coefficient (Wildman–Crippen LogP) is 6.16. The summed E-state index contributed by atoms with van der Waals surface area (Å²) in [6.07, 6.45) is 5.51. The smallest absolute Gasteiger partial charge is 0.141 e.